The molecule has 0 spiro atoms. The van der Waals surface area contributed by atoms with E-state index in [1.807, 2.05) is 6.92 Å². The maximum absolute atomic E-state index is 10.3. The largest absolute Gasteiger partial charge is 0.387 e. The fourth-order valence-corrected chi connectivity index (χ4v) is 2.35. The molecule has 0 heterocycles. The van der Waals surface area contributed by atoms with Crippen LogP contribution in [0.15, 0.2) is 0 Å². The maximum atomic E-state index is 10.3. The molecule has 78 valence electrons. The van der Waals surface area contributed by atoms with Crippen LogP contribution in [0.2, 0.25) is 0 Å². The Bertz CT molecular complexity index is 147. The van der Waals surface area contributed by atoms with Gasteiger partial charge in [-0.3, -0.25) is 0 Å². The minimum absolute atomic E-state index is 0.452. The summed E-state index contributed by atoms with van der Waals surface area (Å²) in [5.41, 5.74) is -0.525. The highest BCUT2D eigenvalue weighted by Crippen LogP contribution is 2.35. The Morgan fingerprint density at radius 1 is 1.38 bits per heavy atom. The SMILES string of the molecule is CCOCC1(O)CCCCC1CC. The van der Waals surface area contributed by atoms with E-state index in [9.17, 15) is 5.11 Å². The summed E-state index contributed by atoms with van der Waals surface area (Å²) in [5.74, 6) is 0.452. The maximum Gasteiger partial charge on any atom is 0.0907 e. The van der Waals surface area contributed by atoms with Gasteiger partial charge < -0.3 is 9.84 Å². The Morgan fingerprint density at radius 3 is 2.77 bits per heavy atom. The number of rotatable bonds is 4. The molecule has 2 unspecified atom stereocenters. The van der Waals surface area contributed by atoms with E-state index >= 15 is 0 Å². The lowest BCUT2D eigenvalue weighted by Crippen LogP contribution is -2.44. The van der Waals surface area contributed by atoms with Crippen LogP contribution in [0, 0.1) is 5.92 Å². The Kier molecular flexibility index (Phi) is 4.20. The summed E-state index contributed by atoms with van der Waals surface area (Å²) in [6.07, 6.45) is 5.59. The van der Waals surface area contributed by atoms with E-state index < -0.39 is 5.60 Å². The zero-order valence-electron chi connectivity index (χ0n) is 8.88. The van der Waals surface area contributed by atoms with E-state index in [2.05, 4.69) is 6.92 Å². The lowest BCUT2D eigenvalue weighted by Gasteiger charge is -2.39. The van der Waals surface area contributed by atoms with Crippen LogP contribution < -0.4 is 0 Å². The topological polar surface area (TPSA) is 29.5 Å². The summed E-state index contributed by atoms with van der Waals surface area (Å²) in [4.78, 5) is 0. The molecule has 2 heteroatoms. The molecule has 1 saturated carbocycles. The van der Waals surface area contributed by atoms with Gasteiger partial charge >= 0.3 is 0 Å². The van der Waals surface area contributed by atoms with Crippen LogP contribution >= 0.6 is 0 Å². The number of ether oxygens (including phenoxy) is 1. The van der Waals surface area contributed by atoms with E-state index in [1.54, 1.807) is 0 Å². The van der Waals surface area contributed by atoms with E-state index in [4.69, 9.17) is 4.74 Å². The third kappa shape index (κ3) is 2.68. The first-order valence-corrected chi connectivity index (χ1v) is 5.53. The second-order valence-corrected chi connectivity index (χ2v) is 4.09. The molecule has 13 heavy (non-hydrogen) atoms. The molecule has 0 amide bonds. The summed E-state index contributed by atoms with van der Waals surface area (Å²) in [7, 11) is 0. The van der Waals surface area contributed by atoms with Crippen molar-refractivity contribution in [3.05, 3.63) is 0 Å². The molecule has 1 rings (SSSR count). The lowest BCUT2D eigenvalue weighted by atomic mass is 9.74. The first-order chi connectivity index (χ1) is 6.23. The van der Waals surface area contributed by atoms with Gasteiger partial charge in [-0.1, -0.05) is 26.2 Å². The number of hydrogen-bond acceptors (Lipinski definition) is 2. The van der Waals surface area contributed by atoms with Crippen LogP contribution in [0.4, 0.5) is 0 Å². The predicted octanol–water partition coefficient (Wildman–Crippen LogP) is 2.35. The highest BCUT2D eigenvalue weighted by Gasteiger charge is 2.37. The molecule has 1 aliphatic carbocycles. The molecular formula is C11H22O2. The second kappa shape index (κ2) is 4.97. The van der Waals surface area contributed by atoms with Crippen LogP contribution in [-0.4, -0.2) is 23.9 Å². The standard InChI is InChI=1S/C11H22O2/c1-3-10-7-5-6-8-11(10,12)9-13-4-2/h10,12H,3-9H2,1-2H3. The monoisotopic (exact) mass is 186 g/mol. The molecule has 0 aromatic heterocycles. The van der Waals surface area contributed by atoms with Gasteiger partial charge in [0.05, 0.1) is 12.2 Å². The van der Waals surface area contributed by atoms with Crippen molar-refractivity contribution in [2.45, 2.75) is 51.6 Å². The van der Waals surface area contributed by atoms with Crippen molar-refractivity contribution in [2.24, 2.45) is 5.92 Å². The molecule has 0 radical (unpaired) electrons. The van der Waals surface area contributed by atoms with Crippen LogP contribution in [-0.2, 0) is 4.74 Å². The van der Waals surface area contributed by atoms with E-state index in [0.717, 1.165) is 19.3 Å². The minimum Gasteiger partial charge on any atom is -0.387 e. The Balaban J connectivity index is 2.49. The van der Waals surface area contributed by atoms with Crippen molar-refractivity contribution in [1.82, 2.24) is 0 Å². The van der Waals surface area contributed by atoms with Crippen LogP contribution in [0.1, 0.15) is 46.0 Å². The summed E-state index contributed by atoms with van der Waals surface area (Å²) in [6, 6.07) is 0. The molecular weight excluding hydrogens is 164 g/mol. The van der Waals surface area contributed by atoms with Crippen molar-refractivity contribution in [2.75, 3.05) is 13.2 Å². The van der Waals surface area contributed by atoms with Crippen molar-refractivity contribution < 1.29 is 9.84 Å². The Morgan fingerprint density at radius 2 is 2.15 bits per heavy atom. The van der Waals surface area contributed by atoms with E-state index in [0.29, 0.717) is 19.1 Å². The quantitative estimate of drug-likeness (QED) is 0.730. The van der Waals surface area contributed by atoms with Crippen molar-refractivity contribution in [3.8, 4) is 0 Å². The lowest BCUT2D eigenvalue weighted by molar-refractivity contribution is -0.104. The third-order valence-corrected chi connectivity index (χ3v) is 3.22. The molecule has 0 aromatic carbocycles. The highest BCUT2D eigenvalue weighted by atomic mass is 16.5. The van der Waals surface area contributed by atoms with Gasteiger partial charge in [0.15, 0.2) is 0 Å². The van der Waals surface area contributed by atoms with Gasteiger partial charge in [-0.15, -0.1) is 0 Å². The molecule has 2 atom stereocenters. The van der Waals surface area contributed by atoms with Crippen molar-refractivity contribution >= 4 is 0 Å². The molecule has 1 fully saturated rings. The van der Waals surface area contributed by atoms with Crippen LogP contribution in [0.3, 0.4) is 0 Å². The van der Waals surface area contributed by atoms with E-state index in [-0.39, 0.29) is 0 Å². The summed E-state index contributed by atoms with van der Waals surface area (Å²) in [6.45, 7) is 5.38. The molecule has 2 nitrogen and oxygen atoms in total. The third-order valence-electron chi connectivity index (χ3n) is 3.22. The molecule has 0 aromatic rings. The highest BCUT2D eigenvalue weighted by molar-refractivity contribution is 4.89. The van der Waals surface area contributed by atoms with Gasteiger partial charge in [0.2, 0.25) is 0 Å². The Hall–Kier alpha value is -0.0800. The van der Waals surface area contributed by atoms with Gasteiger partial charge in [0.25, 0.3) is 0 Å². The molecule has 1 aliphatic rings. The smallest absolute Gasteiger partial charge is 0.0907 e. The molecule has 0 bridgehead atoms. The first-order valence-electron chi connectivity index (χ1n) is 5.53. The zero-order chi connectivity index (χ0) is 9.73. The van der Waals surface area contributed by atoms with Crippen LogP contribution in [0.25, 0.3) is 0 Å². The molecule has 0 aliphatic heterocycles. The van der Waals surface area contributed by atoms with Crippen LogP contribution in [0.5, 0.6) is 0 Å². The molecule has 0 saturated heterocycles. The average molecular weight is 186 g/mol. The predicted molar refractivity (Wildman–Crippen MR) is 53.7 cm³/mol. The van der Waals surface area contributed by atoms with Crippen molar-refractivity contribution in [1.29, 1.82) is 0 Å². The normalized spacial score (nSPS) is 34.8. The first kappa shape index (κ1) is 11.0. The number of hydrogen-bond donors (Lipinski definition) is 1. The molecule has 1 N–H and O–H groups in total. The zero-order valence-corrected chi connectivity index (χ0v) is 8.88. The fourth-order valence-electron chi connectivity index (χ4n) is 2.35. The fraction of sp³-hybridized carbons (Fsp3) is 1.00. The van der Waals surface area contributed by atoms with Gasteiger partial charge in [-0.25, -0.2) is 0 Å². The van der Waals surface area contributed by atoms with Crippen molar-refractivity contribution in [3.63, 3.8) is 0 Å². The summed E-state index contributed by atoms with van der Waals surface area (Å²) < 4.78 is 5.36. The Labute approximate surface area is 81.3 Å². The summed E-state index contributed by atoms with van der Waals surface area (Å²) in [5, 5.41) is 10.3. The minimum atomic E-state index is -0.525. The van der Waals surface area contributed by atoms with Gasteiger partial charge in [0, 0.05) is 6.61 Å². The van der Waals surface area contributed by atoms with Gasteiger partial charge in [0.1, 0.15) is 0 Å². The number of aliphatic hydroxyl groups is 1. The van der Waals surface area contributed by atoms with Gasteiger partial charge in [-0.2, -0.15) is 0 Å². The summed E-state index contributed by atoms with van der Waals surface area (Å²) >= 11 is 0. The van der Waals surface area contributed by atoms with E-state index in [1.165, 1.54) is 12.8 Å². The second-order valence-electron chi connectivity index (χ2n) is 4.09. The average Bonchev–Trinajstić information content (AvgIpc) is 2.16. The van der Waals surface area contributed by atoms with Gasteiger partial charge in [-0.05, 0) is 25.7 Å².